The van der Waals surface area contributed by atoms with Crippen molar-refractivity contribution >= 4 is 27.3 Å². The molecule has 0 fully saturated rings. The summed E-state index contributed by atoms with van der Waals surface area (Å²) in [6.45, 7) is 3.97. The quantitative estimate of drug-likeness (QED) is 0.858. The van der Waals surface area contributed by atoms with Gasteiger partial charge in [-0.25, -0.2) is 18.4 Å². The van der Waals surface area contributed by atoms with Gasteiger partial charge in [0.25, 0.3) is 10.0 Å². The summed E-state index contributed by atoms with van der Waals surface area (Å²) in [5.41, 5.74) is 2.54. The molecule has 0 bridgehead atoms. The van der Waals surface area contributed by atoms with E-state index < -0.39 is 10.0 Å². The Bertz CT molecular complexity index is 708. The smallest absolute Gasteiger partial charge is 0.264 e. The zero-order valence-corrected chi connectivity index (χ0v) is 13.4. The lowest BCUT2D eigenvalue weighted by atomic mass is 10.0. The number of benzene rings is 1. The first kappa shape index (κ1) is 15.7. The summed E-state index contributed by atoms with van der Waals surface area (Å²) >= 11 is 5.58. The summed E-state index contributed by atoms with van der Waals surface area (Å²) in [5.74, 6) is 0. The molecule has 0 spiro atoms. The first-order valence-electron chi connectivity index (χ1n) is 6.59. The van der Waals surface area contributed by atoms with Crippen molar-refractivity contribution in [3.63, 3.8) is 0 Å². The molecule has 21 heavy (non-hydrogen) atoms. The van der Waals surface area contributed by atoms with Crippen molar-refractivity contribution in [2.45, 2.75) is 31.6 Å². The summed E-state index contributed by atoms with van der Waals surface area (Å²) in [7, 11) is -3.73. The van der Waals surface area contributed by atoms with E-state index in [4.69, 9.17) is 11.6 Å². The molecule has 112 valence electrons. The van der Waals surface area contributed by atoms with E-state index in [9.17, 15) is 8.42 Å². The number of sulfonamides is 1. The highest BCUT2D eigenvalue weighted by atomic mass is 35.5. The number of hydrogen-bond acceptors (Lipinski definition) is 4. The van der Waals surface area contributed by atoms with Crippen LogP contribution in [0.3, 0.4) is 0 Å². The molecule has 5 nitrogen and oxygen atoms in total. The van der Waals surface area contributed by atoms with E-state index in [0.29, 0.717) is 5.69 Å². The fourth-order valence-electron chi connectivity index (χ4n) is 2.01. The molecule has 2 rings (SSSR count). The zero-order valence-electron chi connectivity index (χ0n) is 11.8. The molecule has 0 amide bonds. The second-order valence-corrected chi connectivity index (χ2v) is 6.47. The number of hydrogen-bond donors (Lipinski definition) is 1. The lowest BCUT2D eigenvalue weighted by molar-refractivity contribution is 0.600. The summed E-state index contributed by atoms with van der Waals surface area (Å²) < 4.78 is 27.5. The van der Waals surface area contributed by atoms with Crippen molar-refractivity contribution in [2.75, 3.05) is 4.72 Å². The van der Waals surface area contributed by atoms with Crippen molar-refractivity contribution in [1.29, 1.82) is 0 Å². The third-order valence-corrected chi connectivity index (χ3v) is 4.64. The van der Waals surface area contributed by atoms with Crippen LogP contribution in [0.25, 0.3) is 0 Å². The van der Waals surface area contributed by atoms with E-state index in [-0.39, 0.29) is 10.2 Å². The molecule has 1 heterocycles. The summed E-state index contributed by atoms with van der Waals surface area (Å²) in [6.07, 6.45) is 3.86. The van der Waals surface area contributed by atoms with E-state index in [1.54, 1.807) is 0 Å². The van der Waals surface area contributed by atoms with Gasteiger partial charge < -0.3 is 0 Å². The molecule has 1 aromatic carbocycles. The molecule has 0 saturated carbocycles. The van der Waals surface area contributed by atoms with Crippen LogP contribution in [0.15, 0.2) is 35.5 Å². The van der Waals surface area contributed by atoms with Crippen LogP contribution in [-0.2, 0) is 22.9 Å². The molecule has 0 atom stereocenters. The van der Waals surface area contributed by atoms with E-state index in [1.807, 2.05) is 32.0 Å². The number of nitrogens with one attached hydrogen (secondary N) is 1. The van der Waals surface area contributed by atoms with Crippen LogP contribution in [0.5, 0.6) is 0 Å². The van der Waals surface area contributed by atoms with E-state index in [2.05, 4.69) is 14.7 Å². The second-order valence-electron chi connectivity index (χ2n) is 4.45. The van der Waals surface area contributed by atoms with Crippen molar-refractivity contribution in [1.82, 2.24) is 9.97 Å². The molecule has 0 unspecified atom stereocenters. The van der Waals surface area contributed by atoms with Crippen LogP contribution in [0.4, 0.5) is 5.69 Å². The predicted octanol–water partition coefficient (Wildman–Crippen LogP) is 3.06. The van der Waals surface area contributed by atoms with E-state index in [0.717, 1.165) is 24.0 Å². The van der Waals surface area contributed by atoms with Crippen LogP contribution in [0.2, 0.25) is 5.28 Å². The van der Waals surface area contributed by atoms with Crippen LogP contribution < -0.4 is 4.72 Å². The van der Waals surface area contributed by atoms with Gasteiger partial charge in [-0.05, 0) is 35.6 Å². The summed E-state index contributed by atoms with van der Waals surface area (Å²) in [6, 6.07) is 5.76. The lowest BCUT2D eigenvalue weighted by Crippen LogP contribution is -2.16. The van der Waals surface area contributed by atoms with Gasteiger partial charge in [0, 0.05) is 0 Å². The van der Waals surface area contributed by atoms with E-state index in [1.165, 1.54) is 12.4 Å². The van der Waals surface area contributed by atoms with Gasteiger partial charge in [-0.1, -0.05) is 32.0 Å². The van der Waals surface area contributed by atoms with Crippen LogP contribution >= 0.6 is 11.6 Å². The monoisotopic (exact) mass is 325 g/mol. The average Bonchev–Trinajstić information content (AvgIpc) is 2.47. The first-order valence-corrected chi connectivity index (χ1v) is 8.45. The van der Waals surface area contributed by atoms with Crippen LogP contribution in [-0.4, -0.2) is 18.4 Å². The molecule has 2 aromatic rings. The Balaban J connectivity index is 2.43. The van der Waals surface area contributed by atoms with Gasteiger partial charge in [0.2, 0.25) is 5.28 Å². The van der Waals surface area contributed by atoms with E-state index >= 15 is 0 Å². The lowest BCUT2D eigenvalue weighted by Gasteiger charge is -2.15. The van der Waals surface area contributed by atoms with Crippen LogP contribution in [0, 0.1) is 0 Å². The third-order valence-electron chi connectivity index (χ3n) is 3.14. The molecular weight excluding hydrogens is 310 g/mol. The minimum atomic E-state index is -3.73. The fourth-order valence-corrected chi connectivity index (χ4v) is 3.14. The number of para-hydroxylation sites is 1. The molecule has 0 aliphatic carbocycles. The number of rotatable bonds is 5. The van der Waals surface area contributed by atoms with Crippen molar-refractivity contribution in [2.24, 2.45) is 0 Å². The fraction of sp³-hybridized carbons (Fsp3) is 0.286. The third kappa shape index (κ3) is 3.51. The Morgan fingerprint density at radius 1 is 1.10 bits per heavy atom. The number of aromatic nitrogens is 2. The Labute approximate surface area is 129 Å². The molecule has 1 aromatic heterocycles. The van der Waals surface area contributed by atoms with Crippen molar-refractivity contribution in [3.05, 3.63) is 47.0 Å². The Morgan fingerprint density at radius 2 is 1.62 bits per heavy atom. The molecule has 0 aliphatic rings. The topological polar surface area (TPSA) is 72.0 Å². The largest absolute Gasteiger partial charge is 0.279 e. The van der Waals surface area contributed by atoms with Crippen LogP contribution in [0.1, 0.15) is 25.0 Å². The van der Waals surface area contributed by atoms with Crippen molar-refractivity contribution in [3.8, 4) is 0 Å². The van der Waals surface area contributed by atoms with Gasteiger partial charge in [0.05, 0.1) is 18.1 Å². The number of halogens is 1. The Hall–Kier alpha value is -1.66. The van der Waals surface area contributed by atoms with Gasteiger partial charge in [-0.2, -0.15) is 0 Å². The number of nitrogens with zero attached hydrogens (tertiary/aromatic N) is 2. The Morgan fingerprint density at radius 3 is 2.10 bits per heavy atom. The highest BCUT2D eigenvalue weighted by Gasteiger charge is 2.18. The molecular formula is C14H16ClN3O2S. The highest BCUT2D eigenvalue weighted by molar-refractivity contribution is 7.92. The molecule has 0 aliphatic heterocycles. The molecule has 0 saturated heterocycles. The highest BCUT2D eigenvalue weighted by Crippen LogP contribution is 2.25. The van der Waals surface area contributed by atoms with Gasteiger partial charge in [0.15, 0.2) is 0 Å². The maximum atomic E-state index is 12.4. The minimum Gasteiger partial charge on any atom is -0.279 e. The first-order chi connectivity index (χ1) is 9.97. The van der Waals surface area contributed by atoms with Gasteiger partial charge in [-0.15, -0.1) is 0 Å². The number of anilines is 1. The predicted molar refractivity (Wildman–Crippen MR) is 83.0 cm³/mol. The average molecular weight is 326 g/mol. The van der Waals surface area contributed by atoms with Gasteiger partial charge in [0.1, 0.15) is 4.90 Å². The maximum Gasteiger partial charge on any atom is 0.264 e. The van der Waals surface area contributed by atoms with Gasteiger partial charge >= 0.3 is 0 Å². The SMILES string of the molecule is CCc1cccc(CC)c1NS(=O)(=O)c1cnc(Cl)nc1. The summed E-state index contributed by atoms with van der Waals surface area (Å²) in [4.78, 5) is 7.40. The maximum absolute atomic E-state index is 12.4. The standard InChI is InChI=1S/C14H16ClN3O2S/c1-3-10-6-5-7-11(4-2)13(10)18-21(19,20)12-8-16-14(15)17-9-12/h5-9,18H,3-4H2,1-2H3. The van der Waals surface area contributed by atoms with Crippen molar-refractivity contribution < 1.29 is 8.42 Å². The molecule has 7 heteroatoms. The zero-order chi connectivity index (χ0) is 15.5. The Kier molecular flexibility index (Phi) is 4.80. The molecule has 0 radical (unpaired) electrons. The normalized spacial score (nSPS) is 11.4. The minimum absolute atomic E-state index is 0.0113. The molecule has 1 N–H and O–H groups in total. The second kappa shape index (κ2) is 6.41. The van der Waals surface area contributed by atoms with Gasteiger partial charge in [-0.3, -0.25) is 4.72 Å². The number of aryl methyl sites for hydroxylation is 2. The summed E-state index contributed by atoms with van der Waals surface area (Å²) in [5, 5.41) is 0.0113.